The van der Waals surface area contributed by atoms with Gasteiger partial charge < -0.3 is 14.6 Å². The molecule has 0 unspecified atom stereocenters. The summed E-state index contributed by atoms with van der Waals surface area (Å²) in [5.74, 6) is -0.524. The molecule has 5 heteroatoms. The Morgan fingerprint density at radius 2 is 2.47 bits per heavy atom. The number of ether oxygens (including phenoxy) is 1. The minimum atomic E-state index is -0.382. The van der Waals surface area contributed by atoms with Crippen molar-refractivity contribution in [1.82, 2.24) is 9.88 Å². The molecule has 1 aliphatic rings. The molecule has 5 nitrogen and oxygen atoms in total. The number of aromatic nitrogens is 1. The van der Waals surface area contributed by atoms with E-state index in [1.165, 1.54) is 0 Å². The number of hydrogen-bond donors (Lipinski definition) is 1. The Hall–Kier alpha value is -1.78. The SMILES string of the molecule is CCOC(=O)c1cc2n(c1)CCNC2=O. The van der Waals surface area contributed by atoms with Crippen LogP contribution in [0.5, 0.6) is 0 Å². The summed E-state index contributed by atoms with van der Waals surface area (Å²) in [4.78, 5) is 22.8. The summed E-state index contributed by atoms with van der Waals surface area (Å²) in [7, 11) is 0. The fraction of sp³-hybridized carbons (Fsp3) is 0.400. The van der Waals surface area contributed by atoms with Gasteiger partial charge in [0.25, 0.3) is 5.91 Å². The van der Waals surface area contributed by atoms with Gasteiger partial charge in [-0.1, -0.05) is 0 Å². The van der Waals surface area contributed by atoms with Gasteiger partial charge >= 0.3 is 5.97 Å². The molecule has 0 saturated heterocycles. The van der Waals surface area contributed by atoms with Crippen molar-refractivity contribution in [3.63, 3.8) is 0 Å². The van der Waals surface area contributed by atoms with E-state index in [1.54, 1.807) is 23.8 Å². The number of amides is 1. The van der Waals surface area contributed by atoms with Crippen molar-refractivity contribution in [2.45, 2.75) is 13.5 Å². The van der Waals surface area contributed by atoms with Crippen LogP contribution in [0.15, 0.2) is 12.3 Å². The molecule has 2 rings (SSSR count). The van der Waals surface area contributed by atoms with Crippen molar-refractivity contribution in [2.75, 3.05) is 13.2 Å². The van der Waals surface area contributed by atoms with Crippen LogP contribution in [0.25, 0.3) is 0 Å². The molecule has 0 radical (unpaired) electrons. The summed E-state index contributed by atoms with van der Waals surface area (Å²) in [6, 6.07) is 1.56. The third-order valence-electron chi connectivity index (χ3n) is 2.28. The highest BCUT2D eigenvalue weighted by Gasteiger charge is 2.20. The van der Waals surface area contributed by atoms with E-state index >= 15 is 0 Å². The van der Waals surface area contributed by atoms with E-state index in [0.717, 1.165) is 0 Å². The molecule has 80 valence electrons. The molecular formula is C10H12N2O3. The molecule has 1 N–H and O–H groups in total. The minimum Gasteiger partial charge on any atom is -0.462 e. The van der Waals surface area contributed by atoms with Gasteiger partial charge in [0.2, 0.25) is 0 Å². The number of hydrogen-bond acceptors (Lipinski definition) is 3. The Balaban J connectivity index is 2.29. The van der Waals surface area contributed by atoms with Crippen LogP contribution in [0.4, 0.5) is 0 Å². The first-order valence-corrected chi connectivity index (χ1v) is 4.88. The number of rotatable bonds is 2. The number of carbonyl (C=O) groups is 2. The van der Waals surface area contributed by atoms with Crippen LogP contribution in [0.2, 0.25) is 0 Å². The van der Waals surface area contributed by atoms with E-state index in [4.69, 9.17) is 4.74 Å². The summed E-state index contributed by atoms with van der Waals surface area (Å²) in [5.41, 5.74) is 0.952. The lowest BCUT2D eigenvalue weighted by molar-refractivity contribution is 0.0526. The first-order chi connectivity index (χ1) is 7.22. The largest absolute Gasteiger partial charge is 0.462 e. The molecule has 1 aliphatic heterocycles. The number of nitrogens with zero attached hydrogens (tertiary/aromatic N) is 1. The standard InChI is InChI=1S/C10H12N2O3/c1-2-15-10(14)7-5-8-9(13)11-3-4-12(8)6-7/h5-6H,2-4H2,1H3,(H,11,13). The number of esters is 1. The van der Waals surface area contributed by atoms with Crippen molar-refractivity contribution < 1.29 is 14.3 Å². The van der Waals surface area contributed by atoms with Crippen LogP contribution in [0.1, 0.15) is 27.8 Å². The fourth-order valence-electron chi connectivity index (χ4n) is 1.59. The predicted molar refractivity (Wildman–Crippen MR) is 52.7 cm³/mol. The molecule has 1 aromatic rings. The normalized spacial score (nSPS) is 14.3. The van der Waals surface area contributed by atoms with Gasteiger partial charge in [0.15, 0.2) is 0 Å². The van der Waals surface area contributed by atoms with Gasteiger partial charge in [-0.2, -0.15) is 0 Å². The van der Waals surface area contributed by atoms with Gasteiger partial charge in [0, 0.05) is 19.3 Å². The maximum Gasteiger partial charge on any atom is 0.339 e. The summed E-state index contributed by atoms with van der Waals surface area (Å²) in [5, 5.41) is 2.71. The topological polar surface area (TPSA) is 60.3 Å². The molecule has 1 amide bonds. The Kier molecular flexibility index (Phi) is 2.45. The second-order valence-corrected chi connectivity index (χ2v) is 3.28. The first-order valence-electron chi connectivity index (χ1n) is 4.88. The highest BCUT2D eigenvalue weighted by atomic mass is 16.5. The molecule has 0 spiro atoms. The summed E-state index contributed by atoms with van der Waals surface area (Å²) in [6.07, 6.45) is 1.66. The monoisotopic (exact) mass is 208 g/mol. The average molecular weight is 208 g/mol. The Bertz CT molecular complexity index is 409. The Morgan fingerprint density at radius 3 is 3.13 bits per heavy atom. The van der Waals surface area contributed by atoms with Gasteiger partial charge in [0.05, 0.1) is 12.2 Å². The molecule has 0 atom stereocenters. The molecule has 15 heavy (non-hydrogen) atoms. The summed E-state index contributed by atoms with van der Waals surface area (Å²) >= 11 is 0. The van der Waals surface area contributed by atoms with E-state index < -0.39 is 0 Å². The van der Waals surface area contributed by atoms with Crippen LogP contribution in [0, 0.1) is 0 Å². The van der Waals surface area contributed by atoms with E-state index in [9.17, 15) is 9.59 Å². The predicted octanol–water partition coefficient (Wildman–Crippen LogP) is 0.408. The molecular weight excluding hydrogens is 196 g/mol. The van der Waals surface area contributed by atoms with Crippen molar-refractivity contribution >= 4 is 11.9 Å². The first kappa shape index (κ1) is 9.76. The van der Waals surface area contributed by atoms with Crippen LogP contribution >= 0.6 is 0 Å². The zero-order valence-electron chi connectivity index (χ0n) is 8.45. The summed E-state index contributed by atoms with van der Waals surface area (Å²) < 4.78 is 6.63. The molecule has 0 bridgehead atoms. The zero-order chi connectivity index (χ0) is 10.8. The van der Waals surface area contributed by atoms with E-state index in [0.29, 0.717) is 31.0 Å². The van der Waals surface area contributed by atoms with Crippen LogP contribution < -0.4 is 5.32 Å². The van der Waals surface area contributed by atoms with E-state index in [1.807, 2.05) is 0 Å². The Labute approximate surface area is 87.0 Å². The van der Waals surface area contributed by atoms with Gasteiger partial charge in [-0.3, -0.25) is 4.79 Å². The third kappa shape index (κ3) is 1.72. The quantitative estimate of drug-likeness (QED) is 0.716. The number of nitrogens with one attached hydrogen (secondary N) is 1. The average Bonchev–Trinajstić information content (AvgIpc) is 2.63. The van der Waals surface area contributed by atoms with Crippen LogP contribution in [-0.2, 0) is 11.3 Å². The number of carbonyl (C=O) groups excluding carboxylic acids is 2. The summed E-state index contributed by atoms with van der Waals surface area (Å²) in [6.45, 7) is 3.38. The van der Waals surface area contributed by atoms with Crippen molar-refractivity contribution in [2.24, 2.45) is 0 Å². The van der Waals surface area contributed by atoms with E-state index in [2.05, 4.69) is 5.32 Å². The smallest absolute Gasteiger partial charge is 0.339 e. The third-order valence-corrected chi connectivity index (χ3v) is 2.28. The molecule has 0 saturated carbocycles. The van der Waals surface area contributed by atoms with E-state index in [-0.39, 0.29) is 11.9 Å². The lowest BCUT2D eigenvalue weighted by Crippen LogP contribution is -2.34. The lowest BCUT2D eigenvalue weighted by Gasteiger charge is -2.14. The van der Waals surface area contributed by atoms with Crippen LogP contribution in [-0.4, -0.2) is 29.6 Å². The highest BCUT2D eigenvalue weighted by molar-refractivity contribution is 5.97. The Morgan fingerprint density at radius 1 is 1.67 bits per heavy atom. The van der Waals surface area contributed by atoms with Crippen molar-refractivity contribution in [3.8, 4) is 0 Å². The molecule has 0 aliphatic carbocycles. The van der Waals surface area contributed by atoms with Crippen molar-refractivity contribution in [1.29, 1.82) is 0 Å². The van der Waals surface area contributed by atoms with Gasteiger partial charge in [-0.05, 0) is 13.0 Å². The second-order valence-electron chi connectivity index (χ2n) is 3.28. The maximum atomic E-state index is 11.4. The molecule has 1 aromatic heterocycles. The second kappa shape index (κ2) is 3.76. The van der Waals surface area contributed by atoms with Crippen molar-refractivity contribution in [3.05, 3.63) is 23.5 Å². The molecule has 0 fully saturated rings. The highest BCUT2D eigenvalue weighted by Crippen LogP contribution is 2.12. The van der Waals surface area contributed by atoms with Gasteiger partial charge in [-0.15, -0.1) is 0 Å². The van der Waals surface area contributed by atoms with Gasteiger partial charge in [0.1, 0.15) is 5.69 Å². The van der Waals surface area contributed by atoms with Gasteiger partial charge in [-0.25, -0.2) is 4.79 Å². The van der Waals surface area contributed by atoms with Crippen LogP contribution in [0.3, 0.4) is 0 Å². The molecule has 2 heterocycles. The minimum absolute atomic E-state index is 0.142. The fourth-order valence-corrected chi connectivity index (χ4v) is 1.59. The lowest BCUT2D eigenvalue weighted by atomic mass is 10.3. The molecule has 0 aromatic carbocycles. The number of fused-ring (bicyclic) bond motifs is 1. The zero-order valence-corrected chi connectivity index (χ0v) is 8.45. The maximum absolute atomic E-state index is 11.4.